The number of nitrogens with zero attached hydrogens (tertiary/aromatic N) is 3. The molecule has 0 aliphatic carbocycles. The molecule has 8 heteroatoms. The van der Waals surface area contributed by atoms with Gasteiger partial charge in [-0.1, -0.05) is 12.1 Å². The number of thiazole rings is 1. The minimum atomic E-state index is -0.475. The molecule has 0 aliphatic rings. The molecule has 148 valence electrons. The van der Waals surface area contributed by atoms with Gasteiger partial charge in [-0.25, -0.2) is 13.8 Å². The number of hydrogen-bond acceptors (Lipinski definition) is 4. The topological polar surface area (TPSA) is 46.8 Å². The fourth-order valence-corrected chi connectivity index (χ4v) is 3.88. The van der Waals surface area contributed by atoms with Crippen molar-refractivity contribution in [3.8, 4) is 17.0 Å². The molecule has 0 fully saturated rings. The van der Waals surface area contributed by atoms with E-state index >= 15 is 0 Å². The number of ether oxygens (including phenoxy) is 1. The number of imidazole rings is 1. The third-order valence-corrected chi connectivity index (χ3v) is 5.40. The Morgan fingerprint density at radius 1 is 1.21 bits per heavy atom. The van der Waals surface area contributed by atoms with Crippen molar-refractivity contribution in [1.29, 1.82) is 0 Å². The maximum atomic E-state index is 14.0. The molecule has 2 aromatic heterocycles. The highest BCUT2D eigenvalue weighted by Gasteiger charge is 2.19. The predicted octanol–water partition coefficient (Wildman–Crippen LogP) is 4.62. The minimum absolute atomic E-state index is 0.160. The van der Waals surface area contributed by atoms with Crippen LogP contribution in [0.5, 0.6) is 5.75 Å². The number of aromatic nitrogens is 2. The summed E-state index contributed by atoms with van der Waals surface area (Å²) < 4.78 is 33.7. The summed E-state index contributed by atoms with van der Waals surface area (Å²) in [7, 11) is 3.09. The van der Waals surface area contributed by atoms with E-state index in [0.717, 1.165) is 5.56 Å². The number of benzene rings is 2. The Hall–Kier alpha value is -3.26. The maximum absolute atomic E-state index is 14.0. The molecule has 0 aliphatic heterocycles. The Labute approximate surface area is 169 Å². The van der Waals surface area contributed by atoms with Crippen LogP contribution in [0.3, 0.4) is 0 Å². The molecule has 2 heterocycles. The number of rotatable bonds is 5. The van der Waals surface area contributed by atoms with Gasteiger partial charge in [0.1, 0.15) is 11.5 Å². The zero-order valence-corrected chi connectivity index (χ0v) is 16.5. The Balaban J connectivity index is 1.60. The van der Waals surface area contributed by atoms with Gasteiger partial charge in [0.2, 0.25) is 0 Å². The molecular weight excluding hydrogens is 396 g/mol. The van der Waals surface area contributed by atoms with Crippen LogP contribution in [0, 0.1) is 11.6 Å². The van der Waals surface area contributed by atoms with Crippen molar-refractivity contribution in [2.24, 2.45) is 0 Å². The lowest BCUT2D eigenvalue weighted by Gasteiger charge is -2.16. The van der Waals surface area contributed by atoms with Crippen molar-refractivity contribution < 1.29 is 18.3 Å². The van der Waals surface area contributed by atoms with E-state index in [9.17, 15) is 13.6 Å². The van der Waals surface area contributed by atoms with Crippen molar-refractivity contribution >= 4 is 22.2 Å². The molecule has 5 nitrogen and oxygen atoms in total. The second kappa shape index (κ2) is 7.63. The Morgan fingerprint density at radius 3 is 2.66 bits per heavy atom. The molecular formula is C21H17F2N3O2S. The number of methoxy groups -OCH3 is 1. The standard InChI is InChI=1S/C21H17F2N3O2S/c1-25(10-13-3-6-15(22)7-4-13)20(27)18-12-29-21-24-17(11-26(18)21)14-5-8-19(28-2)16(23)9-14/h3-9,11-12H,10H2,1-2H3. The third-order valence-electron chi connectivity index (χ3n) is 4.56. The summed E-state index contributed by atoms with van der Waals surface area (Å²) in [4.78, 5) is 19.6. The van der Waals surface area contributed by atoms with Gasteiger partial charge in [-0.2, -0.15) is 0 Å². The number of amides is 1. The molecule has 0 spiro atoms. The van der Waals surface area contributed by atoms with Crippen LogP contribution < -0.4 is 4.74 Å². The highest BCUT2D eigenvalue weighted by Crippen LogP contribution is 2.27. The van der Waals surface area contributed by atoms with E-state index in [1.807, 2.05) is 0 Å². The van der Waals surface area contributed by atoms with E-state index in [2.05, 4.69) is 4.98 Å². The van der Waals surface area contributed by atoms with Crippen molar-refractivity contribution in [2.75, 3.05) is 14.2 Å². The van der Waals surface area contributed by atoms with Gasteiger partial charge in [-0.05, 0) is 35.9 Å². The lowest BCUT2D eigenvalue weighted by atomic mass is 10.1. The number of halogens is 2. The molecule has 0 N–H and O–H groups in total. The molecule has 0 saturated carbocycles. The van der Waals surface area contributed by atoms with Crippen LogP contribution in [0.25, 0.3) is 16.2 Å². The van der Waals surface area contributed by atoms with E-state index in [0.29, 0.717) is 28.5 Å². The molecule has 0 saturated heterocycles. The van der Waals surface area contributed by atoms with Gasteiger partial charge in [-0.15, -0.1) is 11.3 Å². The number of fused-ring (bicyclic) bond motifs is 1. The molecule has 4 aromatic rings. The van der Waals surface area contributed by atoms with Crippen LogP contribution in [0.4, 0.5) is 8.78 Å². The van der Waals surface area contributed by atoms with E-state index in [-0.39, 0.29) is 17.5 Å². The summed E-state index contributed by atoms with van der Waals surface area (Å²) in [5, 5.41) is 1.74. The zero-order valence-electron chi connectivity index (χ0n) is 15.7. The fourth-order valence-electron chi connectivity index (χ4n) is 3.03. The van der Waals surface area contributed by atoms with E-state index in [4.69, 9.17) is 4.74 Å². The average Bonchev–Trinajstić information content (AvgIpc) is 3.30. The summed E-state index contributed by atoms with van der Waals surface area (Å²) in [5.41, 5.74) is 2.45. The first-order chi connectivity index (χ1) is 14.0. The predicted molar refractivity (Wildman–Crippen MR) is 107 cm³/mol. The molecule has 4 rings (SSSR count). The summed E-state index contributed by atoms with van der Waals surface area (Å²) in [6.07, 6.45) is 1.71. The molecule has 0 atom stereocenters. The smallest absolute Gasteiger partial charge is 0.271 e. The third kappa shape index (κ3) is 3.71. The highest BCUT2D eigenvalue weighted by molar-refractivity contribution is 7.15. The Kier molecular flexibility index (Phi) is 5.02. The largest absolute Gasteiger partial charge is 0.494 e. The second-order valence-electron chi connectivity index (χ2n) is 6.54. The molecule has 0 bridgehead atoms. The molecule has 29 heavy (non-hydrogen) atoms. The van der Waals surface area contributed by atoms with Gasteiger partial charge in [-0.3, -0.25) is 9.20 Å². The maximum Gasteiger partial charge on any atom is 0.271 e. The van der Waals surface area contributed by atoms with Gasteiger partial charge in [0, 0.05) is 30.7 Å². The first kappa shape index (κ1) is 19.1. The lowest BCUT2D eigenvalue weighted by molar-refractivity contribution is 0.0778. The van der Waals surface area contributed by atoms with Gasteiger partial charge in [0.25, 0.3) is 5.91 Å². The summed E-state index contributed by atoms with van der Waals surface area (Å²) >= 11 is 1.33. The van der Waals surface area contributed by atoms with Gasteiger partial charge >= 0.3 is 0 Å². The van der Waals surface area contributed by atoms with Crippen LogP contribution >= 0.6 is 11.3 Å². The van der Waals surface area contributed by atoms with Crippen LogP contribution in [-0.4, -0.2) is 34.3 Å². The number of hydrogen-bond donors (Lipinski definition) is 0. The van der Waals surface area contributed by atoms with E-state index in [1.54, 1.807) is 52.2 Å². The minimum Gasteiger partial charge on any atom is -0.494 e. The number of carbonyl (C=O) groups is 1. The van der Waals surface area contributed by atoms with Crippen molar-refractivity contribution in [2.45, 2.75) is 6.54 Å². The quantitative estimate of drug-likeness (QED) is 0.480. The van der Waals surface area contributed by atoms with E-state index < -0.39 is 5.82 Å². The van der Waals surface area contributed by atoms with Crippen LogP contribution in [0.15, 0.2) is 54.0 Å². The van der Waals surface area contributed by atoms with Crippen LogP contribution in [0.2, 0.25) is 0 Å². The monoisotopic (exact) mass is 413 g/mol. The summed E-state index contributed by atoms with van der Waals surface area (Å²) in [5.74, 6) is -0.821. The first-order valence-corrected chi connectivity index (χ1v) is 9.64. The fraction of sp³-hybridized carbons (Fsp3) is 0.143. The Bertz CT molecular complexity index is 1180. The van der Waals surface area contributed by atoms with Crippen LogP contribution in [-0.2, 0) is 6.54 Å². The molecule has 2 aromatic carbocycles. The Morgan fingerprint density at radius 2 is 1.97 bits per heavy atom. The lowest BCUT2D eigenvalue weighted by Crippen LogP contribution is -2.27. The average molecular weight is 413 g/mol. The van der Waals surface area contributed by atoms with Crippen molar-refractivity contribution in [3.05, 3.63) is 76.9 Å². The summed E-state index contributed by atoms with van der Waals surface area (Å²) in [6.45, 7) is 0.349. The molecule has 0 unspecified atom stereocenters. The molecule has 1 amide bonds. The number of carbonyl (C=O) groups excluding carboxylic acids is 1. The zero-order chi connectivity index (χ0) is 20.5. The van der Waals surface area contributed by atoms with Gasteiger partial charge < -0.3 is 9.64 Å². The first-order valence-electron chi connectivity index (χ1n) is 8.76. The normalized spacial score (nSPS) is 11.0. The second-order valence-corrected chi connectivity index (χ2v) is 7.37. The SMILES string of the molecule is COc1ccc(-c2cn3c(C(=O)N(C)Cc4ccc(F)cc4)csc3n2)cc1F. The van der Waals surface area contributed by atoms with Crippen molar-refractivity contribution in [3.63, 3.8) is 0 Å². The molecule has 0 radical (unpaired) electrons. The summed E-state index contributed by atoms with van der Waals surface area (Å²) in [6, 6.07) is 10.6. The van der Waals surface area contributed by atoms with Gasteiger partial charge in [0.05, 0.1) is 12.8 Å². The van der Waals surface area contributed by atoms with Crippen LogP contribution in [0.1, 0.15) is 16.1 Å². The highest BCUT2D eigenvalue weighted by atomic mass is 32.1. The van der Waals surface area contributed by atoms with Crippen molar-refractivity contribution in [1.82, 2.24) is 14.3 Å². The van der Waals surface area contributed by atoms with Gasteiger partial charge in [0.15, 0.2) is 16.5 Å². The van der Waals surface area contributed by atoms with E-state index in [1.165, 1.54) is 36.6 Å².